The van der Waals surface area contributed by atoms with E-state index in [1.807, 2.05) is 0 Å². The highest BCUT2D eigenvalue weighted by Crippen LogP contribution is 2.29. The molecule has 2 rings (SSSR count). The van der Waals surface area contributed by atoms with Crippen LogP contribution < -0.4 is 4.74 Å². The first-order chi connectivity index (χ1) is 7.20. The summed E-state index contributed by atoms with van der Waals surface area (Å²) in [4.78, 5) is 4.65. The third kappa shape index (κ3) is 2.49. The largest absolute Gasteiger partial charge is 0.489 e. The zero-order valence-corrected chi connectivity index (χ0v) is 9.79. The maximum absolute atomic E-state index is 5.82. The summed E-state index contributed by atoms with van der Waals surface area (Å²) in [5.74, 6) is 1.48. The van der Waals surface area contributed by atoms with Crippen LogP contribution in [-0.4, -0.2) is 11.1 Å². The second-order valence-electron chi connectivity index (χ2n) is 4.51. The number of nitrogens with zero attached hydrogens (tertiary/aromatic N) is 1. The normalized spacial score (nSPS) is 15.7. The molecular formula is C13H19NO. The van der Waals surface area contributed by atoms with E-state index >= 15 is 0 Å². The van der Waals surface area contributed by atoms with E-state index in [0.29, 0.717) is 12.0 Å². The molecule has 0 bridgehead atoms. The van der Waals surface area contributed by atoms with Crippen LogP contribution in [0.4, 0.5) is 0 Å². The maximum atomic E-state index is 5.82. The fourth-order valence-electron chi connectivity index (χ4n) is 1.55. The molecule has 2 heteroatoms. The Balaban J connectivity index is 2.21. The molecule has 1 fully saturated rings. The molecule has 82 valence electrons. The first-order valence-corrected chi connectivity index (χ1v) is 5.87. The van der Waals surface area contributed by atoms with Gasteiger partial charge in [0.2, 0.25) is 0 Å². The van der Waals surface area contributed by atoms with Gasteiger partial charge in [-0.3, -0.25) is 4.98 Å². The minimum Gasteiger partial charge on any atom is -0.489 e. The molecular weight excluding hydrogens is 186 g/mol. The lowest BCUT2D eigenvalue weighted by molar-refractivity contribution is 0.298. The van der Waals surface area contributed by atoms with E-state index in [9.17, 15) is 0 Å². The van der Waals surface area contributed by atoms with Gasteiger partial charge in [-0.05, 0) is 37.3 Å². The number of aryl methyl sites for hydroxylation is 1. The SMILES string of the molecule is CCc1nc(C(C)C)ccc1OC1CC1. The molecule has 0 saturated heterocycles. The van der Waals surface area contributed by atoms with Crippen molar-refractivity contribution >= 4 is 0 Å². The molecule has 0 N–H and O–H groups in total. The Bertz CT molecular complexity index is 342. The number of aromatic nitrogens is 1. The first-order valence-electron chi connectivity index (χ1n) is 5.87. The predicted octanol–water partition coefficient (Wildman–Crippen LogP) is 3.31. The molecule has 1 heterocycles. The Morgan fingerprint density at radius 3 is 2.67 bits per heavy atom. The van der Waals surface area contributed by atoms with Crippen LogP contribution >= 0.6 is 0 Å². The van der Waals surface area contributed by atoms with Crippen molar-refractivity contribution in [2.75, 3.05) is 0 Å². The van der Waals surface area contributed by atoms with Crippen molar-refractivity contribution in [3.8, 4) is 5.75 Å². The highest BCUT2D eigenvalue weighted by Gasteiger charge is 2.24. The monoisotopic (exact) mass is 205 g/mol. The molecule has 15 heavy (non-hydrogen) atoms. The van der Waals surface area contributed by atoms with Crippen molar-refractivity contribution in [3.63, 3.8) is 0 Å². The summed E-state index contributed by atoms with van der Waals surface area (Å²) >= 11 is 0. The Morgan fingerprint density at radius 2 is 2.13 bits per heavy atom. The third-order valence-corrected chi connectivity index (χ3v) is 2.70. The summed E-state index contributed by atoms with van der Waals surface area (Å²) in [6.07, 6.45) is 3.81. The number of hydrogen-bond acceptors (Lipinski definition) is 2. The van der Waals surface area contributed by atoms with Crippen molar-refractivity contribution in [1.29, 1.82) is 0 Å². The molecule has 1 aromatic heterocycles. The van der Waals surface area contributed by atoms with Crippen LogP contribution in [0, 0.1) is 0 Å². The maximum Gasteiger partial charge on any atom is 0.141 e. The fraction of sp³-hybridized carbons (Fsp3) is 0.615. The average Bonchev–Trinajstić information content (AvgIpc) is 3.02. The van der Waals surface area contributed by atoms with Crippen molar-refractivity contribution in [3.05, 3.63) is 23.5 Å². The molecule has 1 aliphatic carbocycles. The van der Waals surface area contributed by atoms with Gasteiger partial charge in [-0.2, -0.15) is 0 Å². The highest BCUT2D eigenvalue weighted by molar-refractivity contribution is 5.31. The second kappa shape index (κ2) is 4.21. The molecule has 1 saturated carbocycles. The van der Waals surface area contributed by atoms with E-state index in [4.69, 9.17) is 4.74 Å². The average molecular weight is 205 g/mol. The van der Waals surface area contributed by atoms with Crippen molar-refractivity contribution in [2.45, 2.75) is 52.1 Å². The third-order valence-electron chi connectivity index (χ3n) is 2.70. The van der Waals surface area contributed by atoms with Crippen LogP contribution in [0.1, 0.15) is 50.9 Å². The van der Waals surface area contributed by atoms with Gasteiger partial charge in [-0.15, -0.1) is 0 Å². The van der Waals surface area contributed by atoms with Gasteiger partial charge in [0.05, 0.1) is 11.8 Å². The van der Waals surface area contributed by atoms with Gasteiger partial charge in [-0.1, -0.05) is 20.8 Å². The summed E-state index contributed by atoms with van der Waals surface area (Å²) in [5.41, 5.74) is 2.27. The van der Waals surface area contributed by atoms with E-state index in [0.717, 1.165) is 23.6 Å². The van der Waals surface area contributed by atoms with E-state index in [1.54, 1.807) is 0 Å². The van der Waals surface area contributed by atoms with Gasteiger partial charge in [0.25, 0.3) is 0 Å². The zero-order valence-electron chi connectivity index (χ0n) is 9.79. The molecule has 1 aliphatic rings. The molecule has 1 aromatic rings. The summed E-state index contributed by atoms with van der Waals surface area (Å²) in [5, 5.41) is 0. The Labute approximate surface area is 91.7 Å². The van der Waals surface area contributed by atoms with E-state index < -0.39 is 0 Å². The summed E-state index contributed by atoms with van der Waals surface area (Å²) in [7, 11) is 0. The van der Waals surface area contributed by atoms with Crippen LogP contribution in [-0.2, 0) is 6.42 Å². The van der Waals surface area contributed by atoms with Crippen molar-refractivity contribution in [1.82, 2.24) is 4.98 Å². The second-order valence-corrected chi connectivity index (χ2v) is 4.51. The lowest BCUT2D eigenvalue weighted by atomic mass is 10.1. The number of rotatable bonds is 4. The topological polar surface area (TPSA) is 22.1 Å². The lowest BCUT2D eigenvalue weighted by Crippen LogP contribution is -2.03. The molecule has 0 spiro atoms. The molecule has 0 atom stereocenters. The Hall–Kier alpha value is -1.05. The quantitative estimate of drug-likeness (QED) is 0.752. The highest BCUT2D eigenvalue weighted by atomic mass is 16.5. The minimum absolute atomic E-state index is 0.460. The Morgan fingerprint density at radius 1 is 1.40 bits per heavy atom. The van der Waals surface area contributed by atoms with E-state index in [-0.39, 0.29) is 0 Å². The van der Waals surface area contributed by atoms with Gasteiger partial charge in [0.1, 0.15) is 5.75 Å². The van der Waals surface area contributed by atoms with Gasteiger partial charge in [0.15, 0.2) is 0 Å². The molecule has 0 amide bonds. The van der Waals surface area contributed by atoms with Crippen LogP contribution in [0.25, 0.3) is 0 Å². The standard InChI is InChI=1S/C13H19NO/c1-4-11-13(15-10-5-6-10)8-7-12(14-11)9(2)3/h7-10H,4-6H2,1-3H3. The zero-order chi connectivity index (χ0) is 10.8. The van der Waals surface area contributed by atoms with Crippen LogP contribution in [0.2, 0.25) is 0 Å². The van der Waals surface area contributed by atoms with Crippen molar-refractivity contribution < 1.29 is 4.74 Å². The minimum atomic E-state index is 0.460. The molecule has 2 nitrogen and oxygen atoms in total. The first kappa shape index (κ1) is 10.5. The van der Waals surface area contributed by atoms with Gasteiger partial charge in [0, 0.05) is 5.69 Å². The summed E-state index contributed by atoms with van der Waals surface area (Å²) in [6.45, 7) is 6.47. The smallest absolute Gasteiger partial charge is 0.141 e. The van der Waals surface area contributed by atoms with Crippen LogP contribution in [0.15, 0.2) is 12.1 Å². The number of pyridine rings is 1. The van der Waals surface area contributed by atoms with Gasteiger partial charge in [-0.25, -0.2) is 0 Å². The van der Waals surface area contributed by atoms with E-state index in [1.165, 1.54) is 12.8 Å². The van der Waals surface area contributed by atoms with E-state index in [2.05, 4.69) is 37.9 Å². The predicted molar refractivity (Wildman–Crippen MR) is 61.4 cm³/mol. The van der Waals surface area contributed by atoms with Crippen LogP contribution in [0.3, 0.4) is 0 Å². The lowest BCUT2D eigenvalue weighted by Gasteiger charge is -2.12. The molecule has 0 unspecified atom stereocenters. The summed E-state index contributed by atoms with van der Waals surface area (Å²) < 4.78 is 5.82. The number of hydrogen-bond donors (Lipinski definition) is 0. The van der Waals surface area contributed by atoms with Gasteiger partial charge < -0.3 is 4.74 Å². The van der Waals surface area contributed by atoms with Gasteiger partial charge >= 0.3 is 0 Å². The Kier molecular flexibility index (Phi) is 2.94. The molecule has 0 aliphatic heterocycles. The van der Waals surface area contributed by atoms with Crippen molar-refractivity contribution in [2.24, 2.45) is 0 Å². The fourth-order valence-corrected chi connectivity index (χ4v) is 1.55. The molecule has 0 aromatic carbocycles. The van der Waals surface area contributed by atoms with Crippen LogP contribution in [0.5, 0.6) is 5.75 Å². The molecule has 0 radical (unpaired) electrons. The number of ether oxygens (including phenoxy) is 1. The summed E-state index contributed by atoms with van der Waals surface area (Å²) in [6, 6.07) is 4.17.